The molecule has 0 fully saturated rings. The van der Waals surface area contributed by atoms with Crippen LogP contribution in [0.15, 0.2) is 47.4 Å². The summed E-state index contributed by atoms with van der Waals surface area (Å²) in [7, 11) is -0.858. The van der Waals surface area contributed by atoms with Gasteiger partial charge in [0.05, 0.1) is 11.4 Å². The number of hydrogen-bond acceptors (Lipinski definition) is 4. The van der Waals surface area contributed by atoms with Crippen LogP contribution in [0, 0.1) is 12.7 Å². The van der Waals surface area contributed by atoms with Gasteiger partial charge in [0.2, 0.25) is 10.0 Å². The molecular formula is C18H22FNO4S. The van der Waals surface area contributed by atoms with Gasteiger partial charge in [-0.2, -0.15) is 0 Å². The quantitative estimate of drug-likeness (QED) is 0.729. The van der Waals surface area contributed by atoms with E-state index in [4.69, 9.17) is 9.47 Å². The molecule has 0 atom stereocenters. The van der Waals surface area contributed by atoms with Gasteiger partial charge in [-0.1, -0.05) is 29.8 Å². The molecule has 0 radical (unpaired) electrons. The van der Waals surface area contributed by atoms with Crippen LogP contribution in [-0.2, 0) is 25.9 Å². The number of nitrogens with one attached hydrogen (secondary N) is 1. The summed E-state index contributed by atoms with van der Waals surface area (Å²) in [6, 6.07) is 11.2. The smallest absolute Gasteiger partial charge is 0.241 e. The number of methoxy groups -OCH3 is 2. The molecule has 0 saturated carbocycles. The Kier molecular flexibility index (Phi) is 6.66. The Morgan fingerprint density at radius 3 is 2.32 bits per heavy atom. The molecular weight excluding hydrogens is 345 g/mol. The molecule has 0 aliphatic rings. The van der Waals surface area contributed by atoms with Crippen molar-refractivity contribution < 1.29 is 22.3 Å². The number of sulfonamides is 1. The van der Waals surface area contributed by atoms with E-state index in [9.17, 15) is 12.8 Å². The van der Waals surface area contributed by atoms with Crippen LogP contribution in [-0.4, -0.2) is 35.5 Å². The summed E-state index contributed by atoms with van der Waals surface area (Å²) in [5.41, 5.74) is 2.42. The molecule has 136 valence electrons. The zero-order valence-electron chi connectivity index (χ0n) is 14.5. The number of rotatable bonds is 8. The molecule has 0 aliphatic heterocycles. The molecule has 0 unspecified atom stereocenters. The Hall–Kier alpha value is -1.80. The van der Waals surface area contributed by atoms with Crippen LogP contribution in [0.1, 0.15) is 16.7 Å². The van der Waals surface area contributed by atoms with Crippen molar-refractivity contribution in [1.82, 2.24) is 4.72 Å². The predicted molar refractivity (Wildman–Crippen MR) is 93.4 cm³/mol. The summed E-state index contributed by atoms with van der Waals surface area (Å²) in [5.74, 6) is -0.326. The van der Waals surface area contributed by atoms with Gasteiger partial charge in [-0.3, -0.25) is 0 Å². The summed E-state index contributed by atoms with van der Waals surface area (Å²) in [6.07, 6.45) is -0.281. The van der Waals surface area contributed by atoms with Gasteiger partial charge in [0, 0.05) is 14.2 Å². The van der Waals surface area contributed by atoms with Gasteiger partial charge in [0.15, 0.2) is 6.29 Å². The number of hydrogen-bond donors (Lipinski definition) is 1. The molecule has 0 aromatic heterocycles. The fraction of sp³-hybridized carbons (Fsp3) is 0.333. The SMILES string of the molecule is COC(CNS(=O)(=O)c1ccc(C)cc1Cc1ccc(F)cc1)OC. The topological polar surface area (TPSA) is 64.6 Å². The normalized spacial score (nSPS) is 11.9. The van der Waals surface area contributed by atoms with Crippen LogP contribution < -0.4 is 4.72 Å². The molecule has 25 heavy (non-hydrogen) atoms. The number of halogens is 1. The molecule has 2 rings (SSSR count). The predicted octanol–water partition coefficient (Wildman–Crippen LogP) is 2.62. The van der Waals surface area contributed by atoms with E-state index in [0.29, 0.717) is 12.0 Å². The first-order valence-electron chi connectivity index (χ1n) is 7.75. The Morgan fingerprint density at radius 2 is 1.72 bits per heavy atom. The molecule has 1 N–H and O–H groups in total. The van der Waals surface area contributed by atoms with E-state index >= 15 is 0 Å². The van der Waals surface area contributed by atoms with Gasteiger partial charge in [-0.05, 0) is 42.7 Å². The lowest BCUT2D eigenvalue weighted by Gasteiger charge is -2.16. The summed E-state index contributed by atoms with van der Waals surface area (Å²) >= 11 is 0. The van der Waals surface area contributed by atoms with Gasteiger partial charge < -0.3 is 9.47 Å². The van der Waals surface area contributed by atoms with Crippen molar-refractivity contribution in [3.63, 3.8) is 0 Å². The van der Waals surface area contributed by atoms with Crippen molar-refractivity contribution in [1.29, 1.82) is 0 Å². The maximum absolute atomic E-state index is 13.1. The van der Waals surface area contributed by atoms with E-state index in [1.807, 2.05) is 13.0 Å². The van der Waals surface area contributed by atoms with Gasteiger partial charge >= 0.3 is 0 Å². The van der Waals surface area contributed by atoms with Crippen molar-refractivity contribution in [2.75, 3.05) is 20.8 Å². The van der Waals surface area contributed by atoms with Gasteiger partial charge in [0.1, 0.15) is 5.82 Å². The summed E-state index contributed by atoms with van der Waals surface area (Å²) in [4.78, 5) is 0.188. The van der Waals surface area contributed by atoms with Crippen molar-refractivity contribution >= 4 is 10.0 Å². The highest BCUT2D eigenvalue weighted by molar-refractivity contribution is 7.89. The van der Waals surface area contributed by atoms with E-state index in [2.05, 4.69) is 4.72 Å². The molecule has 0 spiro atoms. The van der Waals surface area contributed by atoms with Crippen LogP contribution in [0.3, 0.4) is 0 Å². The first-order valence-corrected chi connectivity index (χ1v) is 9.23. The zero-order chi connectivity index (χ0) is 18.4. The van der Waals surface area contributed by atoms with E-state index in [0.717, 1.165) is 11.1 Å². The standard InChI is InChI=1S/C18H22FNO4S/c1-13-4-9-17(25(21,22)20-12-18(23-2)24-3)15(10-13)11-14-5-7-16(19)8-6-14/h4-10,18,20H,11-12H2,1-3H3. The lowest BCUT2D eigenvalue weighted by Crippen LogP contribution is -2.34. The Labute approximate surface area is 147 Å². The molecule has 2 aromatic rings. The first kappa shape index (κ1) is 19.5. The van der Waals surface area contributed by atoms with Gasteiger partial charge in [-0.15, -0.1) is 0 Å². The molecule has 0 bridgehead atoms. The third-order valence-electron chi connectivity index (χ3n) is 3.78. The summed E-state index contributed by atoms with van der Waals surface area (Å²) in [6.45, 7) is 1.89. The molecule has 2 aromatic carbocycles. The second-order valence-corrected chi connectivity index (χ2v) is 7.40. The minimum atomic E-state index is -3.74. The molecule has 5 nitrogen and oxygen atoms in total. The first-order chi connectivity index (χ1) is 11.9. The fourth-order valence-corrected chi connectivity index (χ4v) is 3.68. The highest BCUT2D eigenvalue weighted by Gasteiger charge is 2.20. The second kappa shape index (κ2) is 8.53. The van der Waals surface area contributed by atoms with E-state index < -0.39 is 16.3 Å². The summed E-state index contributed by atoms with van der Waals surface area (Å²) < 4.78 is 50.9. The fourth-order valence-electron chi connectivity index (χ4n) is 2.45. The monoisotopic (exact) mass is 367 g/mol. The molecule has 0 saturated heterocycles. The largest absolute Gasteiger partial charge is 0.355 e. The number of ether oxygens (including phenoxy) is 2. The van der Waals surface area contributed by atoms with Crippen LogP contribution in [0.5, 0.6) is 0 Å². The summed E-state index contributed by atoms with van der Waals surface area (Å²) in [5, 5.41) is 0. The number of benzene rings is 2. The van der Waals surface area contributed by atoms with Crippen LogP contribution in [0.25, 0.3) is 0 Å². The zero-order valence-corrected chi connectivity index (χ0v) is 15.3. The van der Waals surface area contributed by atoms with Crippen molar-refractivity contribution in [3.8, 4) is 0 Å². The van der Waals surface area contributed by atoms with Crippen LogP contribution >= 0.6 is 0 Å². The van der Waals surface area contributed by atoms with Crippen LogP contribution in [0.2, 0.25) is 0 Å². The average molecular weight is 367 g/mol. The van der Waals surface area contributed by atoms with Crippen molar-refractivity contribution in [2.45, 2.75) is 24.5 Å². The maximum Gasteiger partial charge on any atom is 0.241 e. The highest BCUT2D eigenvalue weighted by Crippen LogP contribution is 2.21. The Balaban J connectivity index is 2.29. The highest BCUT2D eigenvalue weighted by atomic mass is 32.2. The third kappa shape index (κ3) is 5.34. The van der Waals surface area contributed by atoms with E-state index in [1.165, 1.54) is 26.4 Å². The average Bonchev–Trinajstić information content (AvgIpc) is 2.57. The number of aryl methyl sites for hydroxylation is 1. The second-order valence-electron chi connectivity index (χ2n) is 5.67. The van der Waals surface area contributed by atoms with E-state index in [-0.39, 0.29) is 17.3 Å². The Bertz CT molecular complexity index is 802. The van der Waals surface area contributed by atoms with E-state index in [1.54, 1.807) is 24.3 Å². The lowest BCUT2D eigenvalue weighted by molar-refractivity contribution is -0.0960. The maximum atomic E-state index is 13.1. The van der Waals surface area contributed by atoms with Crippen molar-refractivity contribution in [2.24, 2.45) is 0 Å². The Morgan fingerprint density at radius 1 is 1.08 bits per heavy atom. The van der Waals surface area contributed by atoms with Gasteiger partial charge in [-0.25, -0.2) is 17.5 Å². The molecule has 0 heterocycles. The lowest BCUT2D eigenvalue weighted by atomic mass is 10.0. The van der Waals surface area contributed by atoms with Crippen LogP contribution in [0.4, 0.5) is 4.39 Å². The molecule has 0 aliphatic carbocycles. The minimum absolute atomic E-state index is 0.000796. The third-order valence-corrected chi connectivity index (χ3v) is 5.30. The minimum Gasteiger partial charge on any atom is -0.355 e. The molecule has 7 heteroatoms. The van der Waals surface area contributed by atoms with Gasteiger partial charge in [0.25, 0.3) is 0 Å². The van der Waals surface area contributed by atoms with Crippen molar-refractivity contribution in [3.05, 3.63) is 65.0 Å². The molecule has 0 amide bonds.